The van der Waals surface area contributed by atoms with Crippen LogP contribution in [0, 0.1) is 18.6 Å². The van der Waals surface area contributed by atoms with Crippen LogP contribution in [0.5, 0.6) is 5.75 Å². The predicted molar refractivity (Wildman–Crippen MR) is 128 cm³/mol. The number of nitrogens with one attached hydrogen (secondary N) is 2. The second-order valence-corrected chi connectivity index (χ2v) is 8.45. The van der Waals surface area contributed by atoms with E-state index in [1.807, 2.05) is 30.3 Å². The van der Waals surface area contributed by atoms with Crippen LogP contribution in [0.1, 0.15) is 17.2 Å². The zero-order chi connectivity index (χ0) is 24.9. The largest absolute Gasteiger partial charge is 0.491 e. The third-order valence-electron chi connectivity index (χ3n) is 6.14. The molecule has 186 valence electrons. The fraction of sp³-hybridized carbons (Fsp3) is 0.360. The highest BCUT2D eigenvalue weighted by molar-refractivity contribution is 5.90. The number of benzene rings is 2. The van der Waals surface area contributed by atoms with Crippen molar-refractivity contribution in [3.63, 3.8) is 0 Å². The number of aryl methyl sites for hydroxylation is 1. The molecule has 2 amide bonds. The van der Waals surface area contributed by atoms with E-state index in [-0.39, 0.29) is 12.0 Å². The second-order valence-electron chi connectivity index (χ2n) is 8.45. The quantitative estimate of drug-likeness (QED) is 0.509. The van der Waals surface area contributed by atoms with E-state index in [2.05, 4.69) is 20.6 Å². The maximum absolute atomic E-state index is 14.0. The second kappa shape index (κ2) is 10.8. The summed E-state index contributed by atoms with van der Waals surface area (Å²) >= 11 is 0. The zero-order valence-corrected chi connectivity index (χ0v) is 19.9. The van der Waals surface area contributed by atoms with E-state index in [4.69, 9.17) is 9.47 Å². The minimum absolute atomic E-state index is 0.227. The van der Waals surface area contributed by atoms with Crippen molar-refractivity contribution >= 4 is 11.8 Å². The lowest BCUT2D eigenvalue weighted by Gasteiger charge is -2.21. The maximum atomic E-state index is 14.0. The Bertz CT molecular complexity index is 1170. The molecular formula is C25H29F2N5O3. The molecule has 0 unspecified atom stereocenters. The monoisotopic (exact) mass is 485 g/mol. The lowest BCUT2D eigenvalue weighted by atomic mass is 9.94. The molecular weight excluding hydrogens is 456 g/mol. The summed E-state index contributed by atoms with van der Waals surface area (Å²) in [6.07, 6.45) is 0. The van der Waals surface area contributed by atoms with Gasteiger partial charge in [-0.05, 0) is 36.8 Å². The Morgan fingerprint density at radius 3 is 2.57 bits per heavy atom. The molecule has 2 atom stereocenters. The molecule has 2 N–H and O–H groups in total. The number of rotatable bonds is 8. The normalized spacial score (nSPS) is 18.0. The minimum Gasteiger partial charge on any atom is -0.491 e. The zero-order valence-electron chi connectivity index (χ0n) is 19.9. The molecule has 3 aromatic rings. The van der Waals surface area contributed by atoms with Crippen LogP contribution in [-0.4, -0.2) is 67.2 Å². The maximum Gasteiger partial charge on any atom is 0.320 e. The molecule has 2 aromatic carbocycles. The van der Waals surface area contributed by atoms with E-state index in [0.717, 1.165) is 11.8 Å². The molecule has 1 saturated heterocycles. The van der Waals surface area contributed by atoms with E-state index in [0.29, 0.717) is 49.1 Å². The number of amides is 2. The molecule has 8 nitrogen and oxygen atoms in total. The smallest absolute Gasteiger partial charge is 0.320 e. The summed E-state index contributed by atoms with van der Waals surface area (Å²) < 4.78 is 39.8. The van der Waals surface area contributed by atoms with Crippen LogP contribution in [0.15, 0.2) is 48.5 Å². The van der Waals surface area contributed by atoms with Crippen molar-refractivity contribution in [2.45, 2.75) is 18.9 Å². The van der Waals surface area contributed by atoms with Crippen LogP contribution < -0.4 is 15.4 Å². The van der Waals surface area contributed by atoms with E-state index in [9.17, 15) is 13.6 Å². The number of para-hydroxylation sites is 1. The number of carbonyl (C=O) groups excluding carboxylic acids is 1. The average Bonchev–Trinajstić information content (AvgIpc) is 3.39. The van der Waals surface area contributed by atoms with Gasteiger partial charge >= 0.3 is 6.03 Å². The number of urea groups is 1. The first-order valence-electron chi connectivity index (χ1n) is 11.3. The van der Waals surface area contributed by atoms with Gasteiger partial charge in [-0.1, -0.05) is 24.3 Å². The number of nitrogens with zero attached hydrogens (tertiary/aromatic N) is 3. The van der Waals surface area contributed by atoms with Gasteiger partial charge in [-0.3, -0.25) is 10.2 Å². The Morgan fingerprint density at radius 2 is 1.89 bits per heavy atom. The first kappa shape index (κ1) is 24.6. The third-order valence-corrected chi connectivity index (χ3v) is 6.14. The molecule has 0 radical (unpaired) electrons. The third kappa shape index (κ3) is 5.44. The number of anilines is 1. The number of halogens is 2. The van der Waals surface area contributed by atoms with E-state index in [1.54, 1.807) is 24.8 Å². The van der Waals surface area contributed by atoms with Gasteiger partial charge in [0, 0.05) is 32.7 Å². The number of aromatic nitrogens is 2. The topological polar surface area (TPSA) is 80.7 Å². The van der Waals surface area contributed by atoms with E-state index >= 15 is 0 Å². The van der Waals surface area contributed by atoms with Crippen LogP contribution in [0.25, 0.3) is 5.69 Å². The Labute approximate surface area is 202 Å². The Balaban J connectivity index is 1.56. The Kier molecular flexibility index (Phi) is 7.62. The average molecular weight is 486 g/mol. The van der Waals surface area contributed by atoms with Crippen LogP contribution >= 0.6 is 0 Å². The van der Waals surface area contributed by atoms with Crippen LogP contribution in [0.3, 0.4) is 0 Å². The van der Waals surface area contributed by atoms with Crippen LogP contribution in [0.4, 0.5) is 19.4 Å². The summed E-state index contributed by atoms with van der Waals surface area (Å²) in [5, 5.41) is 10.4. The first-order chi connectivity index (χ1) is 16.9. The van der Waals surface area contributed by atoms with Crippen molar-refractivity contribution < 1.29 is 23.0 Å². The molecule has 10 heteroatoms. The van der Waals surface area contributed by atoms with Gasteiger partial charge in [0.05, 0.1) is 25.4 Å². The summed E-state index contributed by atoms with van der Waals surface area (Å²) in [5.41, 5.74) is 2.01. The molecule has 4 rings (SSSR count). The molecule has 0 aliphatic carbocycles. The number of ether oxygens (including phenoxy) is 2. The molecule has 1 aliphatic rings. The molecule has 0 spiro atoms. The Morgan fingerprint density at radius 1 is 1.11 bits per heavy atom. The summed E-state index contributed by atoms with van der Waals surface area (Å²) in [5.74, 6) is -1.19. The van der Waals surface area contributed by atoms with Gasteiger partial charge in [0.1, 0.15) is 5.69 Å². The van der Waals surface area contributed by atoms with Crippen LogP contribution in [-0.2, 0) is 4.74 Å². The number of carbonyl (C=O) groups is 1. The lowest BCUT2D eigenvalue weighted by Crippen LogP contribution is -2.42. The summed E-state index contributed by atoms with van der Waals surface area (Å²) in [6, 6.07) is 12.5. The minimum atomic E-state index is -0.909. The molecule has 35 heavy (non-hydrogen) atoms. The summed E-state index contributed by atoms with van der Waals surface area (Å²) in [6.45, 7) is 4.09. The highest BCUT2D eigenvalue weighted by atomic mass is 19.2. The molecule has 0 saturated carbocycles. The number of hydrogen-bond acceptors (Lipinski definition) is 5. The van der Waals surface area contributed by atoms with Gasteiger partial charge in [-0.25, -0.2) is 18.3 Å². The molecule has 0 bridgehead atoms. The van der Waals surface area contributed by atoms with Crippen molar-refractivity contribution in [2.75, 3.05) is 45.8 Å². The van der Waals surface area contributed by atoms with Gasteiger partial charge in [-0.2, -0.15) is 5.10 Å². The molecule has 1 fully saturated rings. The number of hydrogen-bond donors (Lipinski definition) is 2. The van der Waals surface area contributed by atoms with Gasteiger partial charge in [0.25, 0.3) is 0 Å². The van der Waals surface area contributed by atoms with Crippen molar-refractivity contribution in [3.05, 3.63) is 71.4 Å². The fourth-order valence-electron chi connectivity index (χ4n) is 4.45. The Hall–Kier alpha value is -3.50. The standard InChI is InChI=1S/C25H29F2N5O3/c1-16-23(35-3)24(32(30-16)18-7-5-4-6-8-18)29-25(33)28-22-15-31(11-12-34-2)14-19(22)17-9-10-20(26)21(27)13-17/h4-10,13,19,22H,11-12,14-15H2,1-3H3,(H2,28,29,33)/t19-,22+/m0/s1. The summed E-state index contributed by atoms with van der Waals surface area (Å²) in [7, 11) is 3.14. The number of methoxy groups -OCH3 is 2. The van der Waals surface area contributed by atoms with E-state index in [1.165, 1.54) is 13.2 Å². The van der Waals surface area contributed by atoms with Crippen LogP contribution in [0.2, 0.25) is 0 Å². The van der Waals surface area contributed by atoms with Gasteiger partial charge in [-0.15, -0.1) is 0 Å². The van der Waals surface area contributed by atoms with Crippen molar-refractivity contribution in [1.82, 2.24) is 20.0 Å². The summed E-state index contributed by atoms with van der Waals surface area (Å²) in [4.78, 5) is 15.3. The van der Waals surface area contributed by atoms with Gasteiger partial charge in [0.15, 0.2) is 23.2 Å². The first-order valence-corrected chi connectivity index (χ1v) is 11.3. The highest BCUT2D eigenvalue weighted by Gasteiger charge is 2.35. The molecule has 2 heterocycles. The van der Waals surface area contributed by atoms with Crippen molar-refractivity contribution in [2.24, 2.45) is 0 Å². The predicted octanol–water partition coefficient (Wildman–Crippen LogP) is 3.70. The van der Waals surface area contributed by atoms with Gasteiger partial charge < -0.3 is 14.8 Å². The highest BCUT2D eigenvalue weighted by Crippen LogP contribution is 2.32. The number of likely N-dealkylation sites (tertiary alicyclic amines) is 1. The van der Waals surface area contributed by atoms with Gasteiger partial charge in [0.2, 0.25) is 0 Å². The molecule has 1 aliphatic heterocycles. The molecule has 1 aromatic heterocycles. The van der Waals surface area contributed by atoms with Crippen molar-refractivity contribution in [3.8, 4) is 11.4 Å². The van der Waals surface area contributed by atoms with Crippen molar-refractivity contribution in [1.29, 1.82) is 0 Å². The van der Waals surface area contributed by atoms with E-state index < -0.39 is 17.7 Å². The fourth-order valence-corrected chi connectivity index (χ4v) is 4.45. The lowest BCUT2D eigenvalue weighted by molar-refractivity contribution is 0.159. The SMILES string of the molecule is COCCN1C[C@@H](NC(=O)Nc2c(OC)c(C)nn2-c2ccccc2)[C@H](c2ccc(F)c(F)c2)C1.